The van der Waals surface area contributed by atoms with Crippen molar-refractivity contribution in [2.45, 2.75) is 38.8 Å². The molecule has 0 atom stereocenters. The van der Waals surface area contributed by atoms with Crippen LogP contribution in [-0.4, -0.2) is 17.0 Å². The monoisotopic (exact) mass is 232 g/mol. The van der Waals surface area contributed by atoms with Gasteiger partial charge in [-0.15, -0.1) is 0 Å². The van der Waals surface area contributed by atoms with Crippen molar-refractivity contribution in [1.82, 2.24) is 4.90 Å². The first kappa shape index (κ1) is 12.1. The Bertz CT molecular complexity index is 460. The lowest BCUT2D eigenvalue weighted by Gasteiger charge is -2.31. The van der Waals surface area contributed by atoms with Gasteiger partial charge in [0.15, 0.2) is 0 Å². The number of halogens is 1. The maximum Gasteiger partial charge on any atom is 0.140 e. The van der Waals surface area contributed by atoms with Gasteiger partial charge in [0.1, 0.15) is 11.9 Å². The van der Waals surface area contributed by atoms with Gasteiger partial charge in [0.05, 0.1) is 5.56 Å². The smallest absolute Gasteiger partial charge is 0.140 e. The molecule has 1 heterocycles. The molecular weight excluding hydrogens is 215 g/mol. The van der Waals surface area contributed by atoms with Crippen molar-refractivity contribution in [2.24, 2.45) is 0 Å². The van der Waals surface area contributed by atoms with Crippen LogP contribution >= 0.6 is 0 Å². The first-order chi connectivity index (χ1) is 8.03. The summed E-state index contributed by atoms with van der Waals surface area (Å²) in [6.07, 6.45) is 2.40. The zero-order valence-corrected chi connectivity index (χ0v) is 10.3. The number of hydrogen-bond acceptors (Lipinski definition) is 2. The second kappa shape index (κ2) is 4.46. The van der Waals surface area contributed by atoms with E-state index in [4.69, 9.17) is 5.26 Å². The van der Waals surface area contributed by atoms with Crippen LogP contribution in [0.5, 0.6) is 0 Å². The topological polar surface area (TPSA) is 27.0 Å². The molecule has 0 amide bonds. The van der Waals surface area contributed by atoms with E-state index in [0.717, 1.165) is 18.7 Å². The number of nitriles is 1. The van der Waals surface area contributed by atoms with E-state index in [1.165, 1.54) is 18.9 Å². The number of rotatable bonds is 2. The number of hydrogen-bond donors (Lipinski definition) is 0. The molecule has 2 rings (SSSR count). The fourth-order valence-electron chi connectivity index (χ4n) is 2.43. The summed E-state index contributed by atoms with van der Waals surface area (Å²) in [7, 11) is 0. The van der Waals surface area contributed by atoms with Gasteiger partial charge in [0.2, 0.25) is 0 Å². The van der Waals surface area contributed by atoms with Gasteiger partial charge in [0.25, 0.3) is 0 Å². The molecule has 3 heteroatoms. The minimum Gasteiger partial charge on any atom is -0.294 e. The fraction of sp³-hybridized carbons (Fsp3) is 0.500. The first-order valence-corrected chi connectivity index (χ1v) is 5.96. The van der Waals surface area contributed by atoms with E-state index in [0.29, 0.717) is 0 Å². The summed E-state index contributed by atoms with van der Waals surface area (Å²) in [5.74, 6) is -0.433. The molecule has 0 aliphatic carbocycles. The first-order valence-electron chi connectivity index (χ1n) is 5.96. The Hall–Kier alpha value is -1.40. The summed E-state index contributed by atoms with van der Waals surface area (Å²) in [6.45, 7) is 6.33. The molecule has 0 spiro atoms. The molecule has 1 aromatic carbocycles. The fourth-order valence-corrected chi connectivity index (χ4v) is 2.43. The molecule has 0 bridgehead atoms. The van der Waals surface area contributed by atoms with Gasteiger partial charge in [-0.25, -0.2) is 4.39 Å². The summed E-state index contributed by atoms with van der Waals surface area (Å²) in [4.78, 5) is 2.39. The van der Waals surface area contributed by atoms with Crippen molar-refractivity contribution in [3.05, 3.63) is 35.1 Å². The van der Waals surface area contributed by atoms with E-state index in [1.54, 1.807) is 12.1 Å². The molecule has 1 aliphatic heterocycles. The number of nitrogens with zero attached hydrogens (tertiary/aromatic N) is 2. The highest BCUT2D eigenvalue weighted by molar-refractivity contribution is 5.34. The molecule has 0 aromatic heterocycles. The van der Waals surface area contributed by atoms with Crippen LogP contribution in [0.15, 0.2) is 18.2 Å². The van der Waals surface area contributed by atoms with Crippen molar-refractivity contribution in [2.75, 3.05) is 6.54 Å². The molecule has 0 N–H and O–H groups in total. The van der Waals surface area contributed by atoms with Gasteiger partial charge in [-0.05, 0) is 50.9 Å². The highest BCUT2D eigenvalue weighted by Gasteiger charge is 2.31. The van der Waals surface area contributed by atoms with Crippen LogP contribution < -0.4 is 0 Å². The van der Waals surface area contributed by atoms with Gasteiger partial charge in [-0.3, -0.25) is 4.90 Å². The van der Waals surface area contributed by atoms with Gasteiger partial charge >= 0.3 is 0 Å². The number of benzene rings is 1. The summed E-state index contributed by atoms with van der Waals surface area (Å²) in [5, 5.41) is 8.80. The van der Waals surface area contributed by atoms with E-state index in [-0.39, 0.29) is 11.1 Å². The van der Waals surface area contributed by atoms with Crippen molar-refractivity contribution >= 4 is 0 Å². The Morgan fingerprint density at radius 3 is 2.82 bits per heavy atom. The quantitative estimate of drug-likeness (QED) is 0.783. The molecule has 0 radical (unpaired) electrons. The Labute approximate surface area is 102 Å². The summed E-state index contributed by atoms with van der Waals surface area (Å²) in [5.41, 5.74) is 1.36. The highest BCUT2D eigenvalue weighted by atomic mass is 19.1. The molecule has 1 aromatic rings. The van der Waals surface area contributed by atoms with Crippen molar-refractivity contribution < 1.29 is 4.39 Å². The van der Waals surface area contributed by atoms with E-state index in [1.807, 2.05) is 6.07 Å². The summed E-state index contributed by atoms with van der Waals surface area (Å²) >= 11 is 0. The standard InChI is InChI=1S/C14H17FN2/c1-14(2)6-3-7-17(14)10-11-4-5-13(15)12(8-11)9-16/h4-5,8H,3,6-7,10H2,1-2H3. The second-order valence-corrected chi connectivity index (χ2v) is 5.26. The summed E-state index contributed by atoms with van der Waals surface area (Å²) < 4.78 is 13.2. The average Bonchev–Trinajstić information content (AvgIpc) is 2.61. The highest BCUT2D eigenvalue weighted by Crippen LogP contribution is 2.29. The van der Waals surface area contributed by atoms with Gasteiger partial charge in [0, 0.05) is 12.1 Å². The largest absolute Gasteiger partial charge is 0.294 e. The predicted octanol–water partition coefficient (Wildman–Crippen LogP) is 3.07. The molecule has 0 unspecified atom stereocenters. The Balaban J connectivity index is 2.17. The lowest BCUT2D eigenvalue weighted by Crippen LogP contribution is -2.37. The maximum atomic E-state index is 13.2. The molecule has 1 fully saturated rings. The van der Waals surface area contributed by atoms with Crippen molar-refractivity contribution in [1.29, 1.82) is 5.26 Å². The minimum absolute atomic E-state index is 0.138. The third-order valence-electron chi connectivity index (χ3n) is 3.60. The molecule has 2 nitrogen and oxygen atoms in total. The van der Waals surface area contributed by atoms with E-state index < -0.39 is 5.82 Å². The van der Waals surface area contributed by atoms with Crippen molar-refractivity contribution in [3.8, 4) is 6.07 Å². The average molecular weight is 232 g/mol. The van der Waals surface area contributed by atoms with E-state index >= 15 is 0 Å². The van der Waals surface area contributed by atoms with Crippen LogP contribution in [0.25, 0.3) is 0 Å². The SMILES string of the molecule is CC1(C)CCCN1Cc1ccc(F)c(C#N)c1. The Morgan fingerprint density at radius 2 is 2.24 bits per heavy atom. The number of likely N-dealkylation sites (tertiary alicyclic amines) is 1. The van der Waals surface area contributed by atoms with Crippen LogP contribution in [0.4, 0.5) is 4.39 Å². The van der Waals surface area contributed by atoms with E-state index in [2.05, 4.69) is 18.7 Å². The molecule has 0 saturated carbocycles. The summed E-state index contributed by atoms with van der Waals surface area (Å²) in [6, 6.07) is 6.70. The molecule has 17 heavy (non-hydrogen) atoms. The molecule has 1 aliphatic rings. The third-order valence-corrected chi connectivity index (χ3v) is 3.60. The van der Waals surface area contributed by atoms with E-state index in [9.17, 15) is 4.39 Å². The second-order valence-electron chi connectivity index (χ2n) is 5.26. The van der Waals surface area contributed by atoms with Gasteiger partial charge in [-0.2, -0.15) is 5.26 Å². The van der Waals surface area contributed by atoms with Crippen LogP contribution in [0.3, 0.4) is 0 Å². The molecular formula is C14H17FN2. The zero-order chi connectivity index (χ0) is 12.5. The maximum absolute atomic E-state index is 13.2. The normalized spacial score (nSPS) is 19.2. The Morgan fingerprint density at radius 1 is 1.47 bits per heavy atom. The van der Waals surface area contributed by atoms with Crippen molar-refractivity contribution in [3.63, 3.8) is 0 Å². The Kier molecular flexibility index (Phi) is 3.17. The molecule has 1 saturated heterocycles. The lowest BCUT2D eigenvalue weighted by molar-refractivity contribution is 0.166. The van der Waals surface area contributed by atoms with Gasteiger partial charge in [-0.1, -0.05) is 6.07 Å². The lowest BCUT2D eigenvalue weighted by atomic mass is 10.0. The van der Waals surface area contributed by atoms with Crippen LogP contribution in [0, 0.1) is 17.1 Å². The molecule has 90 valence electrons. The zero-order valence-electron chi connectivity index (χ0n) is 10.3. The van der Waals surface area contributed by atoms with Crippen LogP contribution in [0.2, 0.25) is 0 Å². The van der Waals surface area contributed by atoms with Gasteiger partial charge < -0.3 is 0 Å². The van der Waals surface area contributed by atoms with Crippen LogP contribution in [0.1, 0.15) is 37.8 Å². The van der Waals surface area contributed by atoms with Crippen LogP contribution in [-0.2, 0) is 6.54 Å². The minimum atomic E-state index is -0.433. The predicted molar refractivity (Wildman–Crippen MR) is 64.8 cm³/mol. The third kappa shape index (κ3) is 2.48.